The SMILES string of the molecule is CCN(CC)C(=O)c1cnn2c(C)cc(C)nc12. The molecule has 0 unspecified atom stereocenters. The van der Waals surface area contributed by atoms with Crippen LogP contribution < -0.4 is 0 Å². The van der Waals surface area contributed by atoms with Crippen molar-refractivity contribution < 1.29 is 4.79 Å². The average Bonchev–Trinajstić information content (AvgIpc) is 2.74. The van der Waals surface area contributed by atoms with E-state index in [0.29, 0.717) is 24.3 Å². The Morgan fingerprint density at radius 3 is 2.61 bits per heavy atom. The first kappa shape index (κ1) is 12.5. The smallest absolute Gasteiger partial charge is 0.259 e. The van der Waals surface area contributed by atoms with Gasteiger partial charge in [0.1, 0.15) is 5.56 Å². The number of nitrogens with zero attached hydrogens (tertiary/aromatic N) is 4. The largest absolute Gasteiger partial charge is 0.339 e. The summed E-state index contributed by atoms with van der Waals surface area (Å²) in [6.07, 6.45) is 1.61. The number of amides is 1. The molecule has 1 amide bonds. The van der Waals surface area contributed by atoms with E-state index in [2.05, 4.69) is 10.1 Å². The van der Waals surface area contributed by atoms with Gasteiger partial charge in [0.15, 0.2) is 5.65 Å². The third kappa shape index (κ3) is 1.96. The zero-order valence-electron chi connectivity index (χ0n) is 11.3. The number of carbonyl (C=O) groups is 1. The monoisotopic (exact) mass is 246 g/mol. The minimum atomic E-state index is -0.00694. The van der Waals surface area contributed by atoms with Crippen LogP contribution in [0.4, 0.5) is 0 Å². The van der Waals surface area contributed by atoms with Crippen LogP contribution >= 0.6 is 0 Å². The first-order valence-electron chi connectivity index (χ1n) is 6.19. The molecular weight excluding hydrogens is 228 g/mol. The van der Waals surface area contributed by atoms with Crippen LogP contribution in [0.15, 0.2) is 12.3 Å². The van der Waals surface area contributed by atoms with Crippen LogP contribution in [-0.4, -0.2) is 38.5 Å². The van der Waals surface area contributed by atoms with Crippen molar-refractivity contribution in [2.24, 2.45) is 0 Å². The molecule has 0 saturated carbocycles. The quantitative estimate of drug-likeness (QED) is 0.830. The van der Waals surface area contributed by atoms with Gasteiger partial charge in [0.2, 0.25) is 0 Å². The van der Waals surface area contributed by atoms with Crippen molar-refractivity contribution in [3.8, 4) is 0 Å². The lowest BCUT2D eigenvalue weighted by Gasteiger charge is -2.17. The second kappa shape index (κ2) is 4.76. The van der Waals surface area contributed by atoms with Crippen LogP contribution in [-0.2, 0) is 0 Å². The maximum absolute atomic E-state index is 12.3. The summed E-state index contributed by atoms with van der Waals surface area (Å²) in [6.45, 7) is 9.20. The molecule has 0 aliphatic rings. The first-order chi connectivity index (χ1) is 8.58. The molecule has 5 heteroatoms. The Bertz CT molecular complexity index is 584. The zero-order chi connectivity index (χ0) is 13.3. The number of rotatable bonds is 3. The molecule has 2 heterocycles. The topological polar surface area (TPSA) is 50.5 Å². The van der Waals surface area contributed by atoms with E-state index < -0.39 is 0 Å². The highest BCUT2D eigenvalue weighted by Gasteiger charge is 2.19. The van der Waals surface area contributed by atoms with E-state index in [-0.39, 0.29) is 5.91 Å². The third-order valence-electron chi connectivity index (χ3n) is 3.06. The van der Waals surface area contributed by atoms with Crippen molar-refractivity contribution in [2.45, 2.75) is 27.7 Å². The summed E-state index contributed by atoms with van der Waals surface area (Å²) in [5.74, 6) is -0.00694. The van der Waals surface area contributed by atoms with Gasteiger partial charge in [-0.2, -0.15) is 5.10 Å². The molecule has 0 atom stereocenters. The maximum atomic E-state index is 12.3. The first-order valence-corrected chi connectivity index (χ1v) is 6.19. The van der Waals surface area contributed by atoms with Gasteiger partial charge in [-0.1, -0.05) is 0 Å². The lowest BCUT2D eigenvalue weighted by molar-refractivity contribution is 0.0774. The molecule has 0 radical (unpaired) electrons. The van der Waals surface area contributed by atoms with E-state index in [9.17, 15) is 4.79 Å². The highest BCUT2D eigenvalue weighted by atomic mass is 16.2. The number of aromatic nitrogens is 3. The van der Waals surface area contributed by atoms with Gasteiger partial charge in [0.25, 0.3) is 5.91 Å². The van der Waals surface area contributed by atoms with Gasteiger partial charge in [0.05, 0.1) is 6.20 Å². The maximum Gasteiger partial charge on any atom is 0.259 e. The molecule has 0 fully saturated rings. The van der Waals surface area contributed by atoms with Crippen molar-refractivity contribution in [1.82, 2.24) is 19.5 Å². The molecule has 0 aliphatic carbocycles. The molecule has 2 aromatic heterocycles. The third-order valence-corrected chi connectivity index (χ3v) is 3.06. The van der Waals surface area contributed by atoms with Crippen LogP contribution in [0.3, 0.4) is 0 Å². The molecular formula is C13H18N4O. The molecule has 0 N–H and O–H groups in total. The molecule has 2 aromatic rings. The van der Waals surface area contributed by atoms with Crippen LogP contribution in [0.25, 0.3) is 5.65 Å². The van der Waals surface area contributed by atoms with Crippen LogP contribution in [0.1, 0.15) is 35.6 Å². The fraction of sp³-hybridized carbons (Fsp3) is 0.462. The Morgan fingerprint density at radius 1 is 1.33 bits per heavy atom. The van der Waals surface area contributed by atoms with Gasteiger partial charge >= 0.3 is 0 Å². The van der Waals surface area contributed by atoms with E-state index in [4.69, 9.17) is 0 Å². The van der Waals surface area contributed by atoms with E-state index in [1.165, 1.54) is 0 Å². The fourth-order valence-electron chi connectivity index (χ4n) is 2.10. The van der Waals surface area contributed by atoms with Gasteiger partial charge in [-0.15, -0.1) is 0 Å². The van der Waals surface area contributed by atoms with Gasteiger partial charge in [-0.05, 0) is 33.8 Å². The van der Waals surface area contributed by atoms with Crippen LogP contribution in [0.5, 0.6) is 0 Å². The van der Waals surface area contributed by atoms with Gasteiger partial charge < -0.3 is 4.90 Å². The summed E-state index contributed by atoms with van der Waals surface area (Å²) in [6, 6.07) is 1.95. The molecule has 2 rings (SSSR count). The summed E-state index contributed by atoms with van der Waals surface area (Å²) in [4.78, 5) is 18.5. The van der Waals surface area contributed by atoms with Gasteiger partial charge in [-0.3, -0.25) is 4.79 Å². The highest BCUT2D eigenvalue weighted by Crippen LogP contribution is 2.14. The molecule has 96 valence electrons. The summed E-state index contributed by atoms with van der Waals surface area (Å²) >= 11 is 0. The number of fused-ring (bicyclic) bond motifs is 1. The Morgan fingerprint density at radius 2 is 2.00 bits per heavy atom. The molecule has 0 bridgehead atoms. The van der Waals surface area contributed by atoms with Crippen molar-refractivity contribution >= 4 is 11.6 Å². The predicted molar refractivity (Wildman–Crippen MR) is 69.7 cm³/mol. The molecule has 0 aromatic carbocycles. The molecule has 18 heavy (non-hydrogen) atoms. The number of hydrogen-bond acceptors (Lipinski definition) is 3. The Labute approximate surface area is 106 Å². The van der Waals surface area contributed by atoms with Crippen molar-refractivity contribution in [2.75, 3.05) is 13.1 Å². The average molecular weight is 246 g/mol. The Kier molecular flexibility index (Phi) is 3.32. The second-order valence-corrected chi connectivity index (χ2v) is 4.31. The van der Waals surface area contributed by atoms with Gasteiger partial charge in [0, 0.05) is 24.5 Å². The number of aryl methyl sites for hydroxylation is 2. The molecule has 5 nitrogen and oxygen atoms in total. The Hall–Kier alpha value is -1.91. The second-order valence-electron chi connectivity index (χ2n) is 4.31. The lowest BCUT2D eigenvalue weighted by Crippen LogP contribution is -2.30. The van der Waals surface area contributed by atoms with Gasteiger partial charge in [-0.25, -0.2) is 9.50 Å². The lowest BCUT2D eigenvalue weighted by atomic mass is 10.2. The molecule has 0 spiro atoms. The highest BCUT2D eigenvalue weighted by molar-refractivity contribution is 5.99. The Balaban J connectivity index is 2.55. The van der Waals surface area contributed by atoms with E-state index in [1.54, 1.807) is 15.6 Å². The normalized spacial score (nSPS) is 10.9. The molecule has 0 aliphatic heterocycles. The summed E-state index contributed by atoms with van der Waals surface area (Å²) in [5, 5.41) is 4.24. The van der Waals surface area contributed by atoms with E-state index in [0.717, 1.165) is 11.4 Å². The van der Waals surface area contributed by atoms with E-state index in [1.807, 2.05) is 33.8 Å². The summed E-state index contributed by atoms with van der Waals surface area (Å²) in [5.41, 5.74) is 3.10. The predicted octanol–water partition coefficient (Wildman–Crippen LogP) is 1.83. The summed E-state index contributed by atoms with van der Waals surface area (Å²) < 4.78 is 1.71. The van der Waals surface area contributed by atoms with Crippen LogP contribution in [0, 0.1) is 13.8 Å². The van der Waals surface area contributed by atoms with Crippen molar-refractivity contribution in [3.63, 3.8) is 0 Å². The van der Waals surface area contributed by atoms with E-state index >= 15 is 0 Å². The minimum absolute atomic E-state index is 0.00694. The number of hydrogen-bond donors (Lipinski definition) is 0. The zero-order valence-corrected chi connectivity index (χ0v) is 11.3. The summed E-state index contributed by atoms with van der Waals surface area (Å²) in [7, 11) is 0. The molecule has 0 saturated heterocycles. The minimum Gasteiger partial charge on any atom is -0.339 e. The van der Waals surface area contributed by atoms with Crippen LogP contribution in [0.2, 0.25) is 0 Å². The standard InChI is InChI=1S/C13H18N4O/c1-5-16(6-2)13(18)11-8-14-17-10(4)7-9(3)15-12(11)17/h7-8H,5-6H2,1-4H3. The van der Waals surface area contributed by atoms with Crippen molar-refractivity contribution in [1.29, 1.82) is 0 Å². The number of carbonyl (C=O) groups excluding carboxylic acids is 1. The van der Waals surface area contributed by atoms with Crippen molar-refractivity contribution in [3.05, 3.63) is 29.2 Å². The fourth-order valence-corrected chi connectivity index (χ4v) is 2.10.